The Morgan fingerprint density at radius 2 is 2.10 bits per heavy atom. The number of carbonyl (C=O) groups is 1. The Bertz CT molecular complexity index is 1150. The molecular formula is C23H23N3O3. The molecule has 2 heterocycles. The number of unbranched alkanes of at least 4 members (excludes halogenated alkanes) is 1. The van der Waals surface area contributed by atoms with E-state index < -0.39 is 0 Å². The van der Waals surface area contributed by atoms with Crippen LogP contribution in [0.1, 0.15) is 31.4 Å². The second-order valence-corrected chi connectivity index (χ2v) is 6.80. The third-order valence-corrected chi connectivity index (χ3v) is 4.74. The van der Waals surface area contributed by atoms with Crippen LogP contribution in [0.4, 0.5) is 0 Å². The minimum absolute atomic E-state index is 0.190. The van der Waals surface area contributed by atoms with Gasteiger partial charge < -0.3 is 19.5 Å². The summed E-state index contributed by atoms with van der Waals surface area (Å²) >= 11 is 0. The molecule has 0 fully saturated rings. The van der Waals surface area contributed by atoms with Crippen LogP contribution < -0.4 is 10.1 Å². The van der Waals surface area contributed by atoms with E-state index in [2.05, 4.69) is 22.2 Å². The fourth-order valence-corrected chi connectivity index (χ4v) is 3.23. The zero-order valence-corrected chi connectivity index (χ0v) is 16.5. The van der Waals surface area contributed by atoms with Crippen LogP contribution in [0, 0.1) is 0 Å². The largest absolute Gasteiger partial charge is 0.493 e. The van der Waals surface area contributed by atoms with E-state index in [0.29, 0.717) is 35.0 Å². The summed E-state index contributed by atoms with van der Waals surface area (Å²) in [5.74, 6) is 1.53. The molecule has 0 aliphatic heterocycles. The summed E-state index contributed by atoms with van der Waals surface area (Å²) < 4.78 is 11.3. The number of nitrogens with zero attached hydrogens (tertiary/aromatic N) is 1. The van der Waals surface area contributed by atoms with Crippen molar-refractivity contribution in [3.05, 3.63) is 60.1 Å². The lowest BCUT2D eigenvalue weighted by molar-refractivity contribution is -0.115. The monoisotopic (exact) mass is 389 g/mol. The molecule has 0 atom stereocenters. The lowest BCUT2D eigenvalue weighted by atomic mass is 10.1. The number of carbonyl (C=O) groups excluding carboxylic acids is 1. The number of methoxy groups -OCH3 is 1. The highest BCUT2D eigenvalue weighted by atomic mass is 16.5. The molecule has 29 heavy (non-hydrogen) atoms. The number of benzene rings is 2. The van der Waals surface area contributed by atoms with Crippen molar-refractivity contribution in [1.82, 2.24) is 15.3 Å². The summed E-state index contributed by atoms with van der Waals surface area (Å²) in [6.07, 6.45) is 3.65. The number of furan rings is 1. The molecule has 0 aliphatic carbocycles. The highest BCUT2D eigenvalue weighted by Crippen LogP contribution is 2.30. The Labute approximate surface area is 168 Å². The topological polar surface area (TPSA) is 80.2 Å². The Morgan fingerprint density at radius 3 is 2.90 bits per heavy atom. The van der Waals surface area contributed by atoms with Gasteiger partial charge in [-0.25, -0.2) is 4.98 Å². The smallest absolute Gasteiger partial charge is 0.255 e. The number of nitrogens with one attached hydrogen (secondary N) is 2. The van der Waals surface area contributed by atoms with Crippen molar-refractivity contribution in [2.24, 2.45) is 0 Å². The molecule has 2 aromatic carbocycles. The first kappa shape index (κ1) is 18.8. The number of rotatable bonds is 7. The molecule has 2 aromatic heterocycles. The van der Waals surface area contributed by atoms with Gasteiger partial charge in [0, 0.05) is 11.9 Å². The molecule has 0 saturated carbocycles. The van der Waals surface area contributed by atoms with Crippen LogP contribution in [0.2, 0.25) is 0 Å². The summed E-state index contributed by atoms with van der Waals surface area (Å²) in [6, 6.07) is 15.3. The quantitative estimate of drug-likeness (QED) is 0.352. The van der Waals surface area contributed by atoms with Crippen LogP contribution in [-0.2, 0) is 4.79 Å². The number of para-hydroxylation sites is 3. The number of ether oxygens (including phenoxy) is 1. The van der Waals surface area contributed by atoms with Crippen molar-refractivity contribution >= 4 is 39.6 Å². The van der Waals surface area contributed by atoms with Crippen molar-refractivity contribution < 1.29 is 13.9 Å². The van der Waals surface area contributed by atoms with E-state index in [9.17, 15) is 4.79 Å². The van der Waals surface area contributed by atoms with Crippen molar-refractivity contribution in [2.75, 3.05) is 13.7 Å². The van der Waals surface area contributed by atoms with Gasteiger partial charge in [0.05, 0.1) is 23.7 Å². The third kappa shape index (κ3) is 3.87. The van der Waals surface area contributed by atoms with Crippen molar-refractivity contribution in [2.45, 2.75) is 19.8 Å². The van der Waals surface area contributed by atoms with Gasteiger partial charge >= 0.3 is 0 Å². The van der Waals surface area contributed by atoms with E-state index in [0.717, 1.165) is 29.3 Å². The van der Waals surface area contributed by atoms with E-state index in [-0.39, 0.29) is 5.91 Å². The van der Waals surface area contributed by atoms with E-state index in [4.69, 9.17) is 9.15 Å². The maximum absolute atomic E-state index is 12.9. The fraction of sp³-hybridized carbons (Fsp3) is 0.217. The predicted molar refractivity (Wildman–Crippen MR) is 115 cm³/mol. The molecular weight excluding hydrogens is 366 g/mol. The third-order valence-electron chi connectivity index (χ3n) is 4.74. The second-order valence-electron chi connectivity index (χ2n) is 6.80. The van der Waals surface area contributed by atoms with Crippen LogP contribution in [0.25, 0.3) is 33.7 Å². The van der Waals surface area contributed by atoms with Crippen LogP contribution in [0.3, 0.4) is 0 Å². The summed E-state index contributed by atoms with van der Waals surface area (Å²) in [7, 11) is 1.60. The number of H-pyrrole nitrogens is 1. The standard InChI is InChI=1S/C23H23N3O3/c1-3-4-12-24-23(27)17(22-25-18-9-5-6-10-19(18)26-22)14-16-13-15-8-7-11-20(28-2)21(15)29-16/h5-11,13-14H,3-4,12H2,1-2H3,(H,24,27)(H,25,26). The van der Waals surface area contributed by atoms with E-state index in [1.807, 2.05) is 48.5 Å². The number of fused-ring (bicyclic) bond motifs is 2. The SMILES string of the molecule is CCCCNC(=O)C(=Cc1cc2cccc(OC)c2o1)c1nc2ccccc2[nH]1. The average Bonchev–Trinajstić information content (AvgIpc) is 3.35. The van der Waals surface area contributed by atoms with Crippen molar-refractivity contribution in [3.63, 3.8) is 0 Å². The maximum atomic E-state index is 12.9. The zero-order chi connectivity index (χ0) is 20.2. The molecule has 0 aliphatic rings. The number of aromatic amines is 1. The van der Waals surface area contributed by atoms with Gasteiger partial charge in [0.25, 0.3) is 5.91 Å². The highest BCUT2D eigenvalue weighted by molar-refractivity contribution is 6.23. The molecule has 0 bridgehead atoms. The fourth-order valence-electron chi connectivity index (χ4n) is 3.23. The number of hydrogen-bond acceptors (Lipinski definition) is 4. The molecule has 6 nitrogen and oxygen atoms in total. The summed E-state index contributed by atoms with van der Waals surface area (Å²) in [5, 5.41) is 3.88. The van der Waals surface area contributed by atoms with Gasteiger partial charge in [0.1, 0.15) is 11.6 Å². The normalized spacial score (nSPS) is 11.9. The number of imidazole rings is 1. The van der Waals surface area contributed by atoms with Crippen LogP contribution in [0.5, 0.6) is 5.75 Å². The van der Waals surface area contributed by atoms with Crippen LogP contribution >= 0.6 is 0 Å². The molecule has 4 rings (SSSR count). The zero-order valence-electron chi connectivity index (χ0n) is 16.5. The molecule has 6 heteroatoms. The molecule has 0 spiro atoms. The number of hydrogen-bond donors (Lipinski definition) is 2. The average molecular weight is 389 g/mol. The van der Waals surface area contributed by atoms with Crippen molar-refractivity contribution in [1.29, 1.82) is 0 Å². The van der Waals surface area contributed by atoms with Gasteiger partial charge in [-0.2, -0.15) is 0 Å². The molecule has 0 saturated heterocycles. The Kier molecular flexibility index (Phi) is 5.33. The highest BCUT2D eigenvalue weighted by Gasteiger charge is 2.18. The van der Waals surface area contributed by atoms with Crippen LogP contribution in [0.15, 0.2) is 52.9 Å². The molecule has 0 radical (unpaired) electrons. The van der Waals surface area contributed by atoms with Gasteiger partial charge in [0.2, 0.25) is 0 Å². The first-order valence-corrected chi connectivity index (χ1v) is 9.71. The summed E-state index contributed by atoms with van der Waals surface area (Å²) in [6.45, 7) is 2.70. The van der Waals surface area contributed by atoms with Gasteiger partial charge in [-0.3, -0.25) is 4.79 Å². The second kappa shape index (κ2) is 8.22. The number of aromatic nitrogens is 2. The Morgan fingerprint density at radius 1 is 1.24 bits per heavy atom. The first-order valence-electron chi connectivity index (χ1n) is 9.71. The predicted octanol–water partition coefficient (Wildman–Crippen LogP) is 4.77. The first-order chi connectivity index (χ1) is 14.2. The molecule has 2 N–H and O–H groups in total. The van der Waals surface area contributed by atoms with E-state index in [1.54, 1.807) is 13.2 Å². The Hall–Kier alpha value is -3.54. The summed E-state index contributed by atoms with van der Waals surface area (Å²) in [4.78, 5) is 20.8. The van der Waals surface area contributed by atoms with Crippen LogP contribution in [-0.4, -0.2) is 29.5 Å². The van der Waals surface area contributed by atoms with Gasteiger partial charge in [-0.05, 0) is 36.8 Å². The minimum atomic E-state index is -0.190. The van der Waals surface area contributed by atoms with Gasteiger partial charge in [-0.15, -0.1) is 0 Å². The van der Waals surface area contributed by atoms with Crippen molar-refractivity contribution in [3.8, 4) is 5.75 Å². The minimum Gasteiger partial charge on any atom is -0.493 e. The maximum Gasteiger partial charge on any atom is 0.255 e. The molecule has 4 aromatic rings. The van der Waals surface area contributed by atoms with Gasteiger partial charge in [-0.1, -0.05) is 37.6 Å². The number of amides is 1. The van der Waals surface area contributed by atoms with E-state index in [1.165, 1.54) is 0 Å². The summed E-state index contributed by atoms with van der Waals surface area (Å²) in [5.41, 5.74) is 2.76. The van der Waals surface area contributed by atoms with Gasteiger partial charge in [0.15, 0.2) is 11.3 Å². The lowest BCUT2D eigenvalue weighted by Gasteiger charge is -2.06. The molecule has 0 unspecified atom stereocenters. The molecule has 148 valence electrons. The Balaban J connectivity index is 1.77. The lowest BCUT2D eigenvalue weighted by Crippen LogP contribution is -2.25. The van der Waals surface area contributed by atoms with E-state index >= 15 is 0 Å². The molecule has 1 amide bonds.